The largest absolute Gasteiger partial charge is 0.417 e. The lowest BCUT2D eigenvalue weighted by atomic mass is 10.1. The van der Waals surface area contributed by atoms with Crippen LogP contribution >= 0.6 is 0 Å². The molecule has 0 atom stereocenters. The molecule has 1 saturated heterocycles. The summed E-state index contributed by atoms with van der Waals surface area (Å²) >= 11 is 0. The van der Waals surface area contributed by atoms with Gasteiger partial charge in [-0.2, -0.15) is 13.2 Å². The monoisotopic (exact) mass is 492 g/mol. The topological polar surface area (TPSA) is 68.4 Å². The van der Waals surface area contributed by atoms with E-state index in [0.29, 0.717) is 45.0 Å². The summed E-state index contributed by atoms with van der Waals surface area (Å²) in [4.78, 5) is 29.8. The number of hydrogen-bond acceptors (Lipinski definition) is 4. The number of aromatic nitrogens is 1. The van der Waals surface area contributed by atoms with E-state index in [4.69, 9.17) is 0 Å². The number of nitrogens with zero attached hydrogens (tertiary/aromatic N) is 2. The third-order valence-electron chi connectivity index (χ3n) is 5.71. The molecular formula is C24H21F5N4O2. The molecule has 1 aromatic heterocycles. The summed E-state index contributed by atoms with van der Waals surface area (Å²) in [6.07, 6.45) is -4.20. The normalized spacial score (nSPS) is 14.7. The number of anilines is 2. The van der Waals surface area contributed by atoms with E-state index in [2.05, 4.69) is 15.2 Å². The SMILES string of the molecule is O=C(Nc1ccc(F)c(N2CCN(Cc3ccc(F)cc3)CC2)c1)c1c[nH]c(=O)cc1C(F)(F)F. The van der Waals surface area contributed by atoms with Gasteiger partial charge in [-0.25, -0.2) is 8.78 Å². The van der Waals surface area contributed by atoms with Crippen LogP contribution in [0.2, 0.25) is 0 Å². The highest BCUT2D eigenvalue weighted by atomic mass is 19.4. The zero-order valence-corrected chi connectivity index (χ0v) is 18.3. The molecule has 11 heteroatoms. The first-order valence-corrected chi connectivity index (χ1v) is 10.7. The van der Waals surface area contributed by atoms with Gasteiger partial charge in [0, 0.05) is 50.7 Å². The fourth-order valence-corrected chi connectivity index (χ4v) is 3.92. The van der Waals surface area contributed by atoms with Crippen molar-refractivity contribution in [1.29, 1.82) is 0 Å². The van der Waals surface area contributed by atoms with Gasteiger partial charge in [-0.1, -0.05) is 12.1 Å². The van der Waals surface area contributed by atoms with Crippen molar-refractivity contribution in [3.63, 3.8) is 0 Å². The van der Waals surface area contributed by atoms with Gasteiger partial charge in [-0.15, -0.1) is 0 Å². The van der Waals surface area contributed by atoms with Gasteiger partial charge in [0.05, 0.1) is 16.8 Å². The average Bonchev–Trinajstić information content (AvgIpc) is 2.82. The number of carbonyl (C=O) groups excluding carboxylic acids is 1. The minimum atomic E-state index is -4.90. The van der Waals surface area contributed by atoms with Crippen LogP contribution in [0.25, 0.3) is 0 Å². The Morgan fingerprint density at radius 2 is 1.66 bits per heavy atom. The zero-order valence-electron chi connectivity index (χ0n) is 18.3. The maximum atomic E-state index is 14.6. The molecule has 1 fully saturated rings. The number of pyridine rings is 1. The van der Waals surface area contributed by atoms with Crippen LogP contribution in [0.4, 0.5) is 33.3 Å². The molecule has 2 N–H and O–H groups in total. The number of H-pyrrole nitrogens is 1. The molecule has 184 valence electrons. The Hall–Kier alpha value is -3.73. The van der Waals surface area contributed by atoms with Crippen LogP contribution < -0.4 is 15.8 Å². The second kappa shape index (κ2) is 9.87. The molecular weight excluding hydrogens is 471 g/mol. The number of alkyl halides is 3. The molecule has 0 radical (unpaired) electrons. The van der Waals surface area contributed by atoms with Gasteiger partial charge >= 0.3 is 6.18 Å². The number of amides is 1. The maximum Gasteiger partial charge on any atom is 0.417 e. The Balaban J connectivity index is 1.45. The van der Waals surface area contributed by atoms with Crippen LogP contribution in [0, 0.1) is 11.6 Å². The molecule has 3 aromatic rings. The summed E-state index contributed by atoms with van der Waals surface area (Å²) < 4.78 is 67.5. The molecule has 0 bridgehead atoms. The quantitative estimate of drug-likeness (QED) is 0.523. The van der Waals surface area contributed by atoms with Gasteiger partial charge in [0.25, 0.3) is 5.91 Å². The van der Waals surface area contributed by atoms with Crippen LogP contribution in [0.15, 0.2) is 59.5 Å². The number of rotatable bonds is 5. The molecule has 4 rings (SSSR count). The van der Waals surface area contributed by atoms with Crippen LogP contribution in [-0.2, 0) is 12.7 Å². The summed E-state index contributed by atoms with van der Waals surface area (Å²) in [5.41, 5.74) is -1.83. The molecule has 1 amide bonds. The van der Waals surface area contributed by atoms with E-state index >= 15 is 0 Å². The molecule has 0 unspecified atom stereocenters. The lowest BCUT2D eigenvalue weighted by molar-refractivity contribution is -0.138. The number of hydrogen-bond donors (Lipinski definition) is 2. The van der Waals surface area contributed by atoms with E-state index in [1.165, 1.54) is 24.3 Å². The molecule has 2 aromatic carbocycles. The summed E-state index contributed by atoms with van der Waals surface area (Å²) in [7, 11) is 0. The van der Waals surface area contributed by atoms with Crippen molar-refractivity contribution in [2.75, 3.05) is 36.4 Å². The van der Waals surface area contributed by atoms with Crippen LogP contribution in [0.1, 0.15) is 21.5 Å². The molecule has 0 aliphatic carbocycles. The summed E-state index contributed by atoms with van der Waals surface area (Å²) in [5, 5.41) is 2.35. The smallest absolute Gasteiger partial charge is 0.367 e. The van der Waals surface area contributed by atoms with Crippen molar-refractivity contribution < 1.29 is 26.7 Å². The molecule has 0 spiro atoms. The van der Waals surface area contributed by atoms with E-state index < -0.39 is 34.6 Å². The lowest BCUT2D eigenvalue weighted by Crippen LogP contribution is -2.46. The standard InChI is InChI=1S/C24H21F5N4O2/c25-16-3-1-15(2-4-16)14-32-7-9-33(10-8-32)21-11-17(5-6-20(21)26)31-23(35)18-13-30-22(34)12-19(18)24(27,28)29/h1-6,11-13H,7-10,14H2,(H,30,34)(H,31,35). The summed E-state index contributed by atoms with van der Waals surface area (Å²) in [6, 6.07) is 10.3. The van der Waals surface area contributed by atoms with Crippen molar-refractivity contribution >= 4 is 17.3 Å². The molecule has 1 aliphatic heterocycles. The number of piperazine rings is 1. The Morgan fingerprint density at radius 1 is 0.971 bits per heavy atom. The highest BCUT2D eigenvalue weighted by Gasteiger charge is 2.36. The first-order chi connectivity index (χ1) is 16.6. The van der Waals surface area contributed by atoms with Gasteiger partial charge in [-0.3, -0.25) is 14.5 Å². The van der Waals surface area contributed by atoms with Crippen molar-refractivity contribution in [3.8, 4) is 0 Å². The second-order valence-corrected chi connectivity index (χ2v) is 8.13. The van der Waals surface area contributed by atoms with Gasteiger partial charge in [0.1, 0.15) is 11.6 Å². The molecule has 6 nitrogen and oxygen atoms in total. The van der Waals surface area contributed by atoms with E-state index in [0.717, 1.165) is 11.6 Å². The van der Waals surface area contributed by atoms with Crippen LogP contribution in [0.3, 0.4) is 0 Å². The lowest BCUT2D eigenvalue weighted by Gasteiger charge is -2.36. The maximum absolute atomic E-state index is 14.6. The third-order valence-corrected chi connectivity index (χ3v) is 5.71. The van der Waals surface area contributed by atoms with Crippen molar-refractivity contribution in [3.05, 3.63) is 93.4 Å². The molecule has 0 saturated carbocycles. The first kappa shape index (κ1) is 24.4. The van der Waals surface area contributed by atoms with Gasteiger partial charge in [-0.05, 0) is 35.9 Å². The van der Waals surface area contributed by atoms with Gasteiger partial charge in [0.15, 0.2) is 0 Å². The van der Waals surface area contributed by atoms with Crippen molar-refractivity contribution in [2.24, 2.45) is 0 Å². The highest BCUT2D eigenvalue weighted by molar-refractivity contribution is 6.05. The Morgan fingerprint density at radius 3 is 2.31 bits per heavy atom. The minimum absolute atomic E-state index is 0.111. The molecule has 35 heavy (non-hydrogen) atoms. The summed E-state index contributed by atoms with van der Waals surface area (Å²) in [6.45, 7) is 2.80. The summed E-state index contributed by atoms with van der Waals surface area (Å²) in [5.74, 6) is -1.93. The van der Waals surface area contributed by atoms with Crippen LogP contribution in [-0.4, -0.2) is 42.0 Å². The second-order valence-electron chi connectivity index (χ2n) is 8.13. The Bertz CT molecular complexity index is 1270. The van der Waals surface area contributed by atoms with Crippen molar-refractivity contribution in [1.82, 2.24) is 9.88 Å². The van der Waals surface area contributed by atoms with Gasteiger partial charge in [0.2, 0.25) is 5.56 Å². The first-order valence-electron chi connectivity index (χ1n) is 10.7. The fraction of sp³-hybridized carbons (Fsp3) is 0.250. The van der Waals surface area contributed by atoms with E-state index in [9.17, 15) is 31.5 Å². The Labute approximate surface area is 197 Å². The number of carbonyl (C=O) groups is 1. The van der Waals surface area contributed by atoms with Gasteiger partial charge < -0.3 is 15.2 Å². The highest BCUT2D eigenvalue weighted by Crippen LogP contribution is 2.31. The Kier molecular flexibility index (Phi) is 6.88. The fourth-order valence-electron chi connectivity index (χ4n) is 3.92. The van der Waals surface area contributed by atoms with Crippen LogP contribution in [0.5, 0.6) is 0 Å². The molecule has 1 aliphatic rings. The zero-order chi connectivity index (χ0) is 25.2. The number of aromatic amines is 1. The third kappa shape index (κ3) is 5.86. The van der Waals surface area contributed by atoms with E-state index in [1.807, 2.05) is 0 Å². The number of nitrogens with one attached hydrogen (secondary N) is 2. The minimum Gasteiger partial charge on any atom is -0.367 e. The predicted molar refractivity (Wildman–Crippen MR) is 120 cm³/mol. The predicted octanol–water partition coefficient (Wildman–Crippen LogP) is 4.25. The molecule has 2 heterocycles. The number of halogens is 5. The van der Waals surface area contributed by atoms with Crippen molar-refractivity contribution in [2.45, 2.75) is 12.7 Å². The van der Waals surface area contributed by atoms with E-state index in [1.54, 1.807) is 17.0 Å². The number of benzene rings is 2. The van der Waals surface area contributed by atoms with E-state index in [-0.39, 0.29) is 17.2 Å². The average molecular weight is 492 g/mol.